The molecule has 7 nitrogen and oxygen atoms in total. The first-order chi connectivity index (χ1) is 17.2. The molecule has 1 heterocycles. The highest BCUT2D eigenvalue weighted by molar-refractivity contribution is 5.89. The zero-order valence-corrected chi connectivity index (χ0v) is 19.4. The van der Waals surface area contributed by atoms with Gasteiger partial charge in [-0.2, -0.15) is 0 Å². The predicted molar refractivity (Wildman–Crippen MR) is 130 cm³/mol. The Balaban J connectivity index is 1.25. The number of alkyl halides is 3. The molecule has 0 spiro atoms. The molecule has 0 aliphatic carbocycles. The van der Waals surface area contributed by atoms with Gasteiger partial charge in [-0.05, 0) is 61.7 Å². The number of rotatable bonds is 8. The van der Waals surface area contributed by atoms with E-state index in [1.54, 1.807) is 0 Å². The third-order valence-corrected chi connectivity index (χ3v) is 5.28. The van der Waals surface area contributed by atoms with E-state index in [1.165, 1.54) is 35.3 Å². The molecular formula is C26H24F3N5O2. The lowest BCUT2D eigenvalue weighted by atomic mass is 10.1. The quantitative estimate of drug-likeness (QED) is 0.299. The van der Waals surface area contributed by atoms with Crippen LogP contribution < -0.4 is 15.4 Å². The standard InChI is InChI=1S/C26H24F3N5O2/c1-18-4-10-21(11-5-18)32-25(35)30-16-2-3-19-6-8-20(9-7-19)24-31-17-34(33-24)22-12-14-23(15-13-22)36-26(27,28)29/h4-15,17H,2-3,16H2,1H3,(H2,30,32,35). The second-order valence-electron chi connectivity index (χ2n) is 8.10. The van der Waals surface area contributed by atoms with Crippen LogP contribution in [0.1, 0.15) is 17.5 Å². The third-order valence-electron chi connectivity index (χ3n) is 5.28. The number of nitrogens with one attached hydrogen (secondary N) is 2. The van der Waals surface area contributed by atoms with Crippen molar-refractivity contribution in [2.24, 2.45) is 0 Å². The highest BCUT2D eigenvalue weighted by Crippen LogP contribution is 2.24. The lowest BCUT2D eigenvalue weighted by Gasteiger charge is -2.09. The Morgan fingerprint density at radius 3 is 2.33 bits per heavy atom. The third kappa shape index (κ3) is 7.08. The maximum atomic E-state index is 12.3. The molecule has 0 unspecified atom stereocenters. The molecule has 4 rings (SSSR count). The van der Waals surface area contributed by atoms with E-state index < -0.39 is 6.36 Å². The molecule has 0 bridgehead atoms. The Kier molecular flexibility index (Phi) is 7.53. The number of nitrogens with zero attached hydrogens (tertiary/aromatic N) is 3. The number of hydrogen-bond acceptors (Lipinski definition) is 4. The Morgan fingerprint density at radius 1 is 0.972 bits per heavy atom. The van der Waals surface area contributed by atoms with E-state index >= 15 is 0 Å². The SMILES string of the molecule is Cc1ccc(NC(=O)NCCCc2ccc(-c3ncn(-c4ccc(OC(F)(F)F)cc4)n3)cc2)cc1. The van der Waals surface area contributed by atoms with Gasteiger partial charge in [0.1, 0.15) is 12.1 Å². The lowest BCUT2D eigenvalue weighted by Crippen LogP contribution is -2.29. The van der Waals surface area contributed by atoms with Crippen molar-refractivity contribution in [1.82, 2.24) is 20.1 Å². The highest BCUT2D eigenvalue weighted by atomic mass is 19.4. The smallest absolute Gasteiger partial charge is 0.406 e. The van der Waals surface area contributed by atoms with Crippen LogP contribution in [-0.4, -0.2) is 33.7 Å². The van der Waals surface area contributed by atoms with E-state index in [4.69, 9.17) is 0 Å². The first-order valence-electron chi connectivity index (χ1n) is 11.2. The molecule has 0 radical (unpaired) electrons. The summed E-state index contributed by atoms with van der Waals surface area (Å²) in [7, 11) is 0. The fourth-order valence-electron chi connectivity index (χ4n) is 3.45. The molecule has 0 saturated heterocycles. The van der Waals surface area contributed by atoms with Gasteiger partial charge in [0.05, 0.1) is 5.69 Å². The summed E-state index contributed by atoms with van der Waals surface area (Å²) in [5.74, 6) is 0.191. The normalized spacial score (nSPS) is 11.2. The number of halogens is 3. The van der Waals surface area contributed by atoms with Gasteiger partial charge in [0.15, 0.2) is 5.82 Å². The molecule has 10 heteroatoms. The first kappa shape index (κ1) is 24.8. The summed E-state index contributed by atoms with van der Waals surface area (Å²) in [5.41, 5.74) is 4.35. The zero-order valence-electron chi connectivity index (χ0n) is 19.4. The zero-order chi connectivity index (χ0) is 25.5. The van der Waals surface area contributed by atoms with Crippen LogP contribution in [0.4, 0.5) is 23.7 Å². The maximum Gasteiger partial charge on any atom is 0.573 e. The van der Waals surface area contributed by atoms with Crippen LogP contribution in [-0.2, 0) is 6.42 Å². The summed E-state index contributed by atoms with van der Waals surface area (Å²) in [6, 6.07) is 20.5. The number of hydrogen-bond donors (Lipinski definition) is 2. The maximum absolute atomic E-state index is 12.3. The number of carbonyl (C=O) groups is 1. The summed E-state index contributed by atoms with van der Waals surface area (Å²) in [6.45, 7) is 2.53. The van der Waals surface area contributed by atoms with Crippen LogP contribution in [0.25, 0.3) is 17.1 Å². The molecule has 2 amide bonds. The Morgan fingerprint density at radius 2 is 1.67 bits per heavy atom. The van der Waals surface area contributed by atoms with Crippen molar-refractivity contribution in [3.05, 3.63) is 90.3 Å². The first-order valence-corrected chi connectivity index (χ1v) is 11.2. The van der Waals surface area contributed by atoms with E-state index in [1.807, 2.05) is 55.5 Å². The number of benzene rings is 3. The van der Waals surface area contributed by atoms with Gasteiger partial charge < -0.3 is 15.4 Å². The fraction of sp³-hybridized carbons (Fsp3) is 0.192. The van der Waals surface area contributed by atoms with Gasteiger partial charge in [-0.3, -0.25) is 0 Å². The van der Waals surface area contributed by atoms with Crippen molar-refractivity contribution < 1.29 is 22.7 Å². The minimum absolute atomic E-state index is 0.238. The summed E-state index contributed by atoms with van der Waals surface area (Å²) in [5, 5.41) is 10.1. The van der Waals surface area contributed by atoms with Crippen molar-refractivity contribution >= 4 is 11.7 Å². The van der Waals surface area contributed by atoms with Crippen LogP contribution in [0.5, 0.6) is 5.75 Å². The second kappa shape index (κ2) is 10.9. The van der Waals surface area contributed by atoms with E-state index in [0.717, 1.165) is 35.2 Å². The summed E-state index contributed by atoms with van der Waals surface area (Å²) in [6.07, 6.45) is -1.67. The van der Waals surface area contributed by atoms with Gasteiger partial charge in [0, 0.05) is 17.8 Å². The molecule has 4 aromatic rings. The number of anilines is 1. The van der Waals surface area contributed by atoms with Gasteiger partial charge in [-0.25, -0.2) is 14.5 Å². The van der Waals surface area contributed by atoms with Crippen LogP contribution in [0.15, 0.2) is 79.1 Å². The Hall–Kier alpha value is -4.34. The van der Waals surface area contributed by atoms with E-state index in [9.17, 15) is 18.0 Å². The summed E-state index contributed by atoms with van der Waals surface area (Å²) < 4.78 is 42.3. The number of aryl methyl sites for hydroxylation is 2. The van der Waals surface area contributed by atoms with Gasteiger partial charge in [0.2, 0.25) is 0 Å². The van der Waals surface area contributed by atoms with Gasteiger partial charge in [-0.1, -0.05) is 42.0 Å². The number of amides is 2. The van der Waals surface area contributed by atoms with Crippen LogP contribution >= 0.6 is 0 Å². The molecule has 0 saturated carbocycles. The van der Waals surface area contributed by atoms with Crippen LogP contribution in [0, 0.1) is 6.92 Å². The second-order valence-corrected chi connectivity index (χ2v) is 8.10. The van der Waals surface area contributed by atoms with Crippen molar-refractivity contribution in [3.63, 3.8) is 0 Å². The minimum Gasteiger partial charge on any atom is -0.406 e. The molecule has 0 fully saturated rings. The molecular weight excluding hydrogens is 471 g/mol. The van der Waals surface area contributed by atoms with Crippen LogP contribution in [0.3, 0.4) is 0 Å². The predicted octanol–water partition coefficient (Wildman–Crippen LogP) is 5.90. The van der Waals surface area contributed by atoms with Crippen molar-refractivity contribution in [1.29, 1.82) is 0 Å². The number of aromatic nitrogens is 3. The summed E-state index contributed by atoms with van der Waals surface area (Å²) >= 11 is 0. The largest absolute Gasteiger partial charge is 0.573 e. The molecule has 0 aliphatic rings. The molecule has 1 aromatic heterocycles. The topological polar surface area (TPSA) is 81.1 Å². The average molecular weight is 496 g/mol. The lowest BCUT2D eigenvalue weighted by molar-refractivity contribution is -0.274. The van der Waals surface area contributed by atoms with Crippen molar-refractivity contribution in [2.75, 3.05) is 11.9 Å². The van der Waals surface area contributed by atoms with E-state index in [2.05, 4.69) is 25.5 Å². The molecule has 3 aromatic carbocycles. The van der Waals surface area contributed by atoms with Crippen LogP contribution in [0.2, 0.25) is 0 Å². The van der Waals surface area contributed by atoms with Crippen molar-refractivity contribution in [3.8, 4) is 22.8 Å². The monoisotopic (exact) mass is 495 g/mol. The number of urea groups is 1. The molecule has 36 heavy (non-hydrogen) atoms. The average Bonchev–Trinajstić information content (AvgIpc) is 3.34. The number of carbonyl (C=O) groups excluding carboxylic acids is 1. The molecule has 0 atom stereocenters. The summed E-state index contributed by atoms with van der Waals surface area (Å²) in [4.78, 5) is 16.3. The molecule has 186 valence electrons. The van der Waals surface area contributed by atoms with E-state index in [0.29, 0.717) is 18.1 Å². The Labute approximate surface area is 205 Å². The fourth-order valence-corrected chi connectivity index (χ4v) is 3.45. The van der Waals surface area contributed by atoms with Gasteiger partial charge >= 0.3 is 12.4 Å². The highest BCUT2D eigenvalue weighted by Gasteiger charge is 2.31. The molecule has 0 aliphatic heterocycles. The number of ether oxygens (including phenoxy) is 1. The van der Waals surface area contributed by atoms with E-state index in [-0.39, 0.29) is 11.8 Å². The molecule has 2 N–H and O–H groups in total. The minimum atomic E-state index is -4.74. The van der Waals surface area contributed by atoms with Gasteiger partial charge in [-0.15, -0.1) is 18.3 Å². The van der Waals surface area contributed by atoms with Crippen molar-refractivity contribution in [2.45, 2.75) is 26.1 Å². The Bertz CT molecular complexity index is 1290. The van der Waals surface area contributed by atoms with Gasteiger partial charge in [0.25, 0.3) is 0 Å².